The van der Waals surface area contributed by atoms with Crippen LogP contribution in [0.4, 0.5) is 0 Å². The molecule has 1 fully saturated rings. The highest BCUT2D eigenvalue weighted by molar-refractivity contribution is 8.04. The molecule has 42 heavy (non-hydrogen) atoms. The monoisotopic (exact) mass is 718 g/mol. The summed E-state index contributed by atoms with van der Waals surface area (Å²) in [6.45, 7) is 15.9. The van der Waals surface area contributed by atoms with Crippen molar-refractivity contribution in [2.24, 2.45) is 22.7 Å². The molecule has 2 nitrogen and oxygen atoms in total. The van der Waals surface area contributed by atoms with E-state index in [1.54, 1.807) is 0 Å². The number of thiocarbonyl (C=S) groups is 4. The summed E-state index contributed by atoms with van der Waals surface area (Å²) in [5.74, 6) is 7.93. The zero-order valence-corrected chi connectivity index (χ0v) is 32.9. The van der Waals surface area contributed by atoms with Crippen molar-refractivity contribution in [2.75, 3.05) is 47.6 Å². The molecular weight excluding hydrogens is 669 g/mol. The van der Waals surface area contributed by atoms with Gasteiger partial charge in [-0.25, -0.2) is 0 Å². The van der Waals surface area contributed by atoms with Crippen LogP contribution in [0.15, 0.2) is 22.0 Å². The minimum atomic E-state index is 0.284. The van der Waals surface area contributed by atoms with Crippen LogP contribution in [0, 0.1) is 22.7 Å². The maximum Gasteiger partial charge on any atom is 0.107 e. The number of hydrogen-bond acceptors (Lipinski definition) is 8. The summed E-state index contributed by atoms with van der Waals surface area (Å²) < 4.78 is 0. The number of hydrogen-bond donors (Lipinski definition) is 0. The number of nitrogens with zero attached hydrogens (tertiary/aromatic N) is 2. The van der Waals surface area contributed by atoms with Gasteiger partial charge in [-0.3, -0.25) is 0 Å². The van der Waals surface area contributed by atoms with E-state index in [9.17, 15) is 0 Å². The van der Waals surface area contributed by atoms with E-state index in [0.717, 1.165) is 51.6 Å². The first-order chi connectivity index (χ1) is 19.8. The van der Waals surface area contributed by atoms with Crippen molar-refractivity contribution in [1.29, 1.82) is 0 Å². The molecule has 0 aliphatic carbocycles. The molecule has 0 amide bonds. The molecule has 2 unspecified atom stereocenters. The Morgan fingerprint density at radius 2 is 1.33 bits per heavy atom. The summed E-state index contributed by atoms with van der Waals surface area (Å²) in [6, 6.07) is 0. The Morgan fingerprint density at radius 3 is 1.90 bits per heavy atom. The Morgan fingerprint density at radius 1 is 0.786 bits per heavy atom. The quantitative estimate of drug-likeness (QED) is 0.0994. The van der Waals surface area contributed by atoms with Gasteiger partial charge in [-0.15, -0.1) is 23.5 Å². The molecule has 2 atom stereocenters. The van der Waals surface area contributed by atoms with Crippen LogP contribution in [0.5, 0.6) is 0 Å². The number of rotatable bonds is 18. The van der Waals surface area contributed by atoms with E-state index in [1.807, 2.05) is 23.5 Å². The van der Waals surface area contributed by atoms with Crippen molar-refractivity contribution in [3.8, 4) is 0 Å². The van der Waals surface area contributed by atoms with Crippen molar-refractivity contribution in [3.05, 3.63) is 22.0 Å². The van der Waals surface area contributed by atoms with Crippen molar-refractivity contribution in [3.63, 3.8) is 0 Å². The molecule has 0 radical (unpaired) electrons. The lowest BCUT2D eigenvalue weighted by atomic mass is 9.86. The first-order valence-corrected chi connectivity index (χ1v) is 21.3. The molecule has 0 N–H and O–H groups in total. The van der Waals surface area contributed by atoms with E-state index in [1.165, 1.54) is 64.3 Å². The van der Waals surface area contributed by atoms with Crippen LogP contribution < -0.4 is 0 Å². The van der Waals surface area contributed by atoms with Gasteiger partial charge in [-0.2, -0.15) is 23.5 Å². The van der Waals surface area contributed by atoms with Crippen molar-refractivity contribution < 1.29 is 0 Å². The van der Waals surface area contributed by atoms with E-state index < -0.39 is 0 Å². The molecule has 3 aliphatic heterocycles. The van der Waals surface area contributed by atoms with Gasteiger partial charge < -0.3 is 9.80 Å². The standard InChI is InChI=1S/C32H50N2S8/c1-7-15-41-25-21-27(35)33(29(37)23(25)2)13-9-31(3,4)11-17-39-19-20-40-18-12-32(5,6)10-14-34-28(36)22-26-24(30(34)38)8-16-42-26/h21-24H,7-20H2,1-6H3. The van der Waals surface area contributed by atoms with Gasteiger partial charge in [0.05, 0.1) is 9.98 Å². The Bertz CT molecular complexity index is 1050. The van der Waals surface area contributed by atoms with Gasteiger partial charge in [0.15, 0.2) is 0 Å². The minimum absolute atomic E-state index is 0.284. The van der Waals surface area contributed by atoms with E-state index in [4.69, 9.17) is 48.9 Å². The third-order valence-corrected chi connectivity index (χ3v) is 15.0. The molecule has 0 saturated carbocycles. The summed E-state index contributed by atoms with van der Waals surface area (Å²) in [6.07, 6.45) is 11.4. The molecule has 0 aromatic heterocycles. The van der Waals surface area contributed by atoms with Gasteiger partial charge in [0.1, 0.15) is 9.98 Å². The molecule has 3 aliphatic rings. The van der Waals surface area contributed by atoms with Crippen LogP contribution in [-0.4, -0.2) is 77.4 Å². The van der Waals surface area contributed by atoms with Crippen LogP contribution in [0.25, 0.3) is 0 Å². The van der Waals surface area contributed by atoms with Crippen LogP contribution in [0.1, 0.15) is 80.1 Å². The largest absolute Gasteiger partial charge is 0.327 e. The lowest BCUT2D eigenvalue weighted by Crippen LogP contribution is -2.42. The maximum atomic E-state index is 5.85. The molecule has 3 heterocycles. The molecule has 0 spiro atoms. The minimum Gasteiger partial charge on any atom is -0.327 e. The Hall–Kier alpha value is 0.840. The highest BCUT2D eigenvalue weighted by atomic mass is 32.2. The van der Waals surface area contributed by atoms with E-state index in [-0.39, 0.29) is 5.41 Å². The zero-order valence-electron chi connectivity index (χ0n) is 26.4. The second-order valence-corrected chi connectivity index (χ2v) is 19.5. The first-order valence-electron chi connectivity index (χ1n) is 15.4. The predicted octanol–water partition coefficient (Wildman–Crippen LogP) is 10.3. The van der Waals surface area contributed by atoms with Gasteiger partial charge in [-0.1, -0.05) is 90.4 Å². The molecule has 1 saturated heterocycles. The summed E-state index contributed by atoms with van der Waals surface area (Å²) >= 11 is 31.2. The second-order valence-electron chi connectivity index (χ2n) is 13.1. The average Bonchev–Trinajstić information content (AvgIpc) is 3.39. The Labute approximate surface area is 295 Å². The fourth-order valence-corrected chi connectivity index (χ4v) is 11.9. The fraction of sp³-hybridized carbons (Fsp3) is 0.750. The highest BCUT2D eigenvalue weighted by Gasteiger charge is 2.35. The summed E-state index contributed by atoms with van der Waals surface area (Å²) in [4.78, 5) is 11.1. The van der Waals surface area contributed by atoms with Crippen LogP contribution >= 0.6 is 95.9 Å². The van der Waals surface area contributed by atoms with Crippen molar-refractivity contribution >= 4 is 116 Å². The maximum absolute atomic E-state index is 5.85. The third kappa shape index (κ3) is 11.3. The number of fused-ring (bicyclic) bond motifs is 1. The van der Waals surface area contributed by atoms with E-state index in [0.29, 0.717) is 17.3 Å². The van der Waals surface area contributed by atoms with Crippen molar-refractivity contribution in [2.45, 2.75) is 80.1 Å². The van der Waals surface area contributed by atoms with Crippen molar-refractivity contribution in [1.82, 2.24) is 9.80 Å². The summed E-state index contributed by atoms with van der Waals surface area (Å²) in [5, 5.41) is 0. The molecule has 0 aromatic rings. The smallest absolute Gasteiger partial charge is 0.107 e. The van der Waals surface area contributed by atoms with Gasteiger partial charge in [0.25, 0.3) is 0 Å². The van der Waals surface area contributed by atoms with E-state index in [2.05, 4.69) is 87.0 Å². The average molecular weight is 719 g/mol. The normalized spacial score (nSPS) is 21.7. The van der Waals surface area contributed by atoms with Gasteiger partial charge in [-0.05, 0) is 94.3 Å². The SMILES string of the molecule is CCCSC1=CC(=S)N(CCC(C)(C)CCSCCSCCC(C)(C)CCN2C(=S)C=C3SCCC3C2=S)C(=S)C1C. The highest BCUT2D eigenvalue weighted by Crippen LogP contribution is 2.41. The van der Waals surface area contributed by atoms with Crippen LogP contribution in [-0.2, 0) is 0 Å². The summed E-state index contributed by atoms with van der Waals surface area (Å²) in [5.41, 5.74) is 0.582. The zero-order chi connectivity index (χ0) is 30.9. The second kappa shape index (κ2) is 17.7. The molecule has 236 valence electrons. The topological polar surface area (TPSA) is 6.48 Å². The van der Waals surface area contributed by atoms with Crippen LogP contribution in [0.2, 0.25) is 0 Å². The molecular formula is C32H50N2S8. The molecule has 10 heteroatoms. The van der Waals surface area contributed by atoms with Gasteiger partial charge >= 0.3 is 0 Å². The van der Waals surface area contributed by atoms with Gasteiger partial charge in [0.2, 0.25) is 0 Å². The third-order valence-electron chi connectivity index (χ3n) is 8.43. The van der Waals surface area contributed by atoms with E-state index >= 15 is 0 Å². The first kappa shape index (κ1) is 37.3. The predicted molar refractivity (Wildman–Crippen MR) is 213 cm³/mol. The molecule has 0 aromatic carbocycles. The Balaban J connectivity index is 1.26. The van der Waals surface area contributed by atoms with Gasteiger partial charge in [0, 0.05) is 36.4 Å². The Kier molecular flexibility index (Phi) is 15.7. The molecule has 3 rings (SSSR count). The number of thioether (sulfide) groups is 4. The summed E-state index contributed by atoms with van der Waals surface area (Å²) in [7, 11) is 0. The molecule has 0 bridgehead atoms. The fourth-order valence-electron chi connectivity index (χ4n) is 5.14. The lowest BCUT2D eigenvalue weighted by molar-refractivity contribution is 0.304. The van der Waals surface area contributed by atoms with Crippen LogP contribution in [0.3, 0.4) is 0 Å². The lowest BCUT2D eigenvalue weighted by Gasteiger charge is -2.36.